The van der Waals surface area contributed by atoms with Gasteiger partial charge in [-0.05, 0) is 42.3 Å². The number of thiazole rings is 1. The van der Waals surface area contributed by atoms with Gasteiger partial charge in [0.2, 0.25) is 0 Å². The van der Waals surface area contributed by atoms with Crippen molar-refractivity contribution in [1.29, 1.82) is 5.26 Å². The van der Waals surface area contributed by atoms with Crippen LogP contribution in [0, 0.1) is 11.3 Å². The minimum absolute atomic E-state index is 0.412. The summed E-state index contributed by atoms with van der Waals surface area (Å²) in [5.41, 5.74) is 8.90. The maximum absolute atomic E-state index is 9.43. The van der Waals surface area contributed by atoms with Crippen LogP contribution in [0.4, 0.5) is 11.4 Å². The molecule has 4 heterocycles. The summed E-state index contributed by atoms with van der Waals surface area (Å²) in [5, 5.41) is 12.9. The minimum Gasteiger partial charge on any atom is -0.369 e. The van der Waals surface area contributed by atoms with Gasteiger partial charge in [-0.2, -0.15) is 5.26 Å². The van der Waals surface area contributed by atoms with E-state index in [1.165, 1.54) is 22.5 Å². The quantitative estimate of drug-likeness (QED) is 0.673. The Kier molecular flexibility index (Phi) is 4.60. The number of rotatable bonds is 2. The number of nitrogens with zero attached hydrogens (tertiary/aromatic N) is 5. The highest BCUT2D eigenvalue weighted by Gasteiger charge is 2.39. The maximum atomic E-state index is 9.43. The number of benzene rings is 2. The van der Waals surface area contributed by atoms with Crippen molar-refractivity contribution in [2.24, 2.45) is 0 Å². The molecule has 0 aliphatic carbocycles. The highest BCUT2D eigenvalue weighted by atomic mass is 32.1. The molecule has 2 aromatic carbocycles. The van der Waals surface area contributed by atoms with Gasteiger partial charge in [-0.15, -0.1) is 11.3 Å². The molecule has 0 amide bonds. The van der Waals surface area contributed by atoms with Crippen molar-refractivity contribution in [3.8, 4) is 6.07 Å². The topological polar surface area (TPSA) is 58.4 Å². The Labute approximate surface area is 186 Å². The van der Waals surface area contributed by atoms with E-state index in [0.29, 0.717) is 17.6 Å². The van der Waals surface area contributed by atoms with Gasteiger partial charge in [0, 0.05) is 57.5 Å². The lowest BCUT2D eigenvalue weighted by molar-refractivity contribution is 0.134. The first-order valence-corrected chi connectivity index (χ1v) is 12.0. The van der Waals surface area contributed by atoms with Crippen molar-refractivity contribution in [2.75, 3.05) is 49.1 Å². The van der Waals surface area contributed by atoms with Crippen LogP contribution in [0.2, 0.25) is 0 Å². The lowest BCUT2D eigenvalue weighted by atomic mass is 10.00. The molecular formula is C24H26N6S. The predicted molar refractivity (Wildman–Crippen MR) is 126 cm³/mol. The summed E-state index contributed by atoms with van der Waals surface area (Å²) in [6, 6.07) is 14.3. The zero-order chi connectivity index (χ0) is 20.9. The first kappa shape index (κ1) is 19.1. The molecule has 1 aromatic heterocycles. The number of nitriles is 1. The molecule has 0 bridgehead atoms. The van der Waals surface area contributed by atoms with Crippen molar-refractivity contribution in [1.82, 2.24) is 15.2 Å². The van der Waals surface area contributed by atoms with Gasteiger partial charge in [-0.3, -0.25) is 4.90 Å². The summed E-state index contributed by atoms with van der Waals surface area (Å²) in [5.74, 6) is 0. The third kappa shape index (κ3) is 3.09. The second-order valence-electron chi connectivity index (χ2n) is 8.84. The van der Waals surface area contributed by atoms with E-state index in [4.69, 9.17) is 0 Å². The molecule has 6 rings (SSSR count). The fourth-order valence-electron chi connectivity index (χ4n) is 5.51. The molecule has 158 valence electrons. The van der Waals surface area contributed by atoms with E-state index in [1.54, 1.807) is 11.3 Å². The molecule has 0 spiro atoms. The van der Waals surface area contributed by atoms with Gasteiger partial charge in [0.05, 0.1) is 27.5 Å². The van der Waals surface area contributed by atoms with E-state index in [-0.39, 0.29) is 0 Å². The molecule has 3 aliphatic heterocycles. The van der Waals surface area contributed by atoms with Crippen molar-refractivity contribution >= 4 is 32.9 Å². The Balaban J connectivity index is 1.32. The van der Waals surface area contributed by atoms with Crippen LogP contribution in [0.5, 0.6) is 0 Å². The van der Waals surface area contributed by atoms with Gasteiger partial charge >= 0.3 is 0 Å². The van der Waals surface area contributed by atoms with E-state index in [0.717, 1.165) is 56.0 Å². The van der Waals surface area contributed by atoms with E-state index >= 15 is 0 Å². The molecule has 3 aromatic rings. The number of anilines is 2. The summed E-state index contributed by atoms with van der Waals surface area (Å²) in [7, 11) is 0. The average Bonchev–Trinajstić information content (AvgIpc) is 3.44. The zero-order valence-electron chi connectivity index (χ0n) is 17.7. The van der Waals surface area contributed by atoms with Crippen LogP contribution in [0.15, 0.2) is 35.8 Å². The minimum atomic E-state index is 0.412. The van der Waals surface area contributed by atoms with Gasteiger partial charge in [0.1, 0.15) is 11.6 Å². The van der Waals surface area contributed by atoms with Crippen molar-refractivity contribution in [2.45, 2.75) is 25.6 Å². The normalized spacial score (nSPS) is 23.6. The highest BCUT2D eigenvalue weighted by Crippen LogP contribution is 2.42. The van der Waals surface area contributed by atoms with Gasteiger partial charge in [0.15, 0.2) is 0 Å². The number of hydrogen-bond acceptors (Lipinski definition) is 7. The van der Waals surface area contributed by atoms with Crippen molar-refractivity contribution in [3.63, 3.8) is 0 Å². The van der Waals surface area contributed by atoms with Gasteiger partial charge in [0.25, 0.3) is 0 Å². The number of nitrogens with one attached hydrogen (secondary N) is 1. The SMILES string of the molecule is CC1CN(c2ccc(C#N)c3ncsc23)CC2c3ccc(N4CCNCC4)cc3CN12. The standard InChI is InChI=1S/C24H26N6S/c1-16-12-29(21-5-2-17(11-25)23-24(21)31-15-27-23)14-22-20-4-3-19(10-18(20)13-30(16)22)28-8-6-26-7-9-28/h2-5,10,15-16,22,26H,6-9,12-14H2,1H3. The molecule has 31 heavy (non-hydrogen) atoms. The fourth-order valence-corrected chi connectivity index (χ4v) is 6.36. The van der Waals surface area contributed by atoms with Gasteiger partial charge < -0.3 is 15.1 Å². The fraction of sp³-hybridized carbons (Fsp3) is 0.417. The summed E-state index contributed by atoms with van der Waals surface area (Å²) in [6.07, 6.45) is 0. The van der Waals surface area contributed by atoms with E-state index in [9.17, 15) is 5.26 Å². The third-order valence-electron chi connectivity index (χ3n) is 7.09. The van der Waals surface area contributed by atoms with Crippen LogP contribution in [0.1, 0.15) is 29.7 Å². The molecule has 0 saturated carbocycles. The lowest BCUT2D eigenvalue weighted by Crippen LogP contribution is -2.51. The van der Waals surface area contributed by atoms with E-state index in [1.807, 2.05) is 11.6 Å². The molecule has 6 nitrogen and oxygen atoms in total. The Morgan fingerprint density at radius 1 is 1.13 bits per heavy atom. The molecule has 2 unspecified atom stereocenters. The molecule has 7 heteroatoms. The van der Waals surface area contributed by atoms with Crippen LogP contribution >= 0.6 is 11.3 Å². The number of aromatic nitrogens is 1. The van der Waals surface area contributed by atoms with Crippen LogP contribution in [-0.2, 0) is 6.54 Å². The summed E-state index contributed by atoms with van der Waals surface area (Å²) in [6.45, 7) is 9.65. The molecule has 1 N–H and O–H groups in total. The molecule has 2 saturated heterocycles. The van der Waals surface area contributed by atoms with Crippen LogP contribution in [-0.4, -0.2) is 55.2 Å². The maximum Gasteiger partial charge on any atom is 0.101 e. The average molecular weight is 431 g/mol. The Morgan fingerprint density at radius 2 is 2.00 bits per heavy atom. The summed E-state index contributed by atoms with van der Waals surface area (Å²) >= 11 is 1.64. The molecule has 2 fully saturated rings. The van der Waals surface area contributed by atoms with Gasteiger partial charge in [-0.25, -0.2) is 4.98 Å². The first-order chi connectivity index (χ1) is 15.2. The Bertz CT molecular complexity index is 1170. The summed E-state index contributed by atoms with van der Waals surface area (Å²) < 4.78 is 1.13. The molecule has 2 atom stereocenters. The first-order valence-electron chi connectivity index (χ1n) is 11.1. The summed E-state index contributed by atoms with van der Waals surface area (Å²) in [4.78, 5) is 12.1. The Hall–Kier alpha value is -2.66. The molecular weight excluding hydrogens is 404 g/mol. The number of fused-ring (bicyclic) bond motifs is 4. The molecule has 0 radical (unpaired) electrons. The number of hydrogen-bond donors (Lipinski definition) is 1. The van der Waals surface area contributed by atoms with Crippen LogP contribution in [0.25, 0.3) is 10.2 Å². The third-order valence-corrected chi connectivity index (χ3v) is 7.94. The Morgan fingerprint density at radius 3 is 2.84 bits per heavy atom. The van der Waals surface area contributed by atoms with Gasteiger partial charge in [-0.1, -0.05) is 6.07 Å². The highest BCUT2D eigenvalue weighted by molar-refractivity contribution is 7.17. The number of piperazine rings is 2. The second kappa shape index (κ2) is 7.49. The van der Waals surface area contributed by atoms with Crippen LogP contribution in [0.3, 0.4) is 0 Å². The molecule has 3 aliphatic rings. The van der Waals surface area contributed by atoms with E-state index < -0.39 is 0 Å². The lowest BCUT2D eigenvalue weighted by Gasteiger charge is -2.43. The van der Waals surface area contributed by atoms with Crippen molar-refractivity contribution < 1.29 is 0 Å². The smallest absolute Gasteiger partial charge is 0.101 e. The van der Waals surface area contributed by atoms with Crippen LogP contribution < -0.4 is 15.1 Å². The zero-order valence-corrected chi connectivity index (χ0v) is 18.5. The largest absolute Gasteiger partial charge is 0.369 e. The second-order valence-corrected chi connectivity index (χ2v) is 9.69. The van der Waals surface area contributed by atoms with Crippen molar-refractivity contribution in [3.05, 3.63) is 52.5 Å². The predicted octanol–water partition coefficient (Wildman–Crippen LogP) is 3.34. The monoisotopic (exact) mass is 430 g/mol. The van der Waals surface area contributed by atoms with E-state index in [2.05, 4.69) is 62.3 Å².